The second kappa shape index (κ2) is 10.2. The topological polar surface area (TPSA) is 39.7 Å². The first-order valence-electron chi connectivity index (χ1n) is 7.97. The van der Waals surface area contributed by atoms with Crippen LogP contribution in [0.5, 0.6) is 0 Å². The number of guanidine groups is 1. The molecule has 1 aliphatic rings. The van der Waals surface area contributed by atoms with Gasteiger partial charge in [-0.1, -0.05) is 6.07 Å². The van der Waals surface area contributed by atoms with Crippen LogP contribution in [0.2, 0.25) is 0 Å². The Morgan fingerprint density at radius 2 is 1.92 bits per heavy atom. The molecule has 0 saturated carbocycles. The van der Waals surface area contributed by atoms with Crippen molar-refractivity contribution in [3.8, 4) is 0 Å². The highest BCUT2D eigenvalue weighted by atomic mass is 127. The van der Waals surface area contributed by atoms with Crippen LogP contribution < -0.4 is 10.6 Å². The van der Waals surface area contributed by atoms with Crippen LogP contribution in [-0.4, -0.2) is 56.3 Å². The van der Waals surface area contributed by atoms with E-state index < -0.39 is 24.4 Å². The van der Waals surface area contributed by atoms with Gasteiger partial charge in [0, 0.05) is 38.3 Å². The first kappa shape index (κ1) is 22.9. The third kappa shape index (κ3) is 7.22. The van der Waals surface area contributed by atoms with E-state index in [4.69, 9.17) is 0 Å². The number of nitrogens with one attached hydrogen (secondary N) is 2. The summed E-state index contributed by atoms with van der Waals surface area (Å²) < 4.78 is 64.3. The van der Waals surface area contributed by atoms with Crippen molar-refractivity contribution in [2.45, 2.75) is 25.1 Å². The number of benzene rings is 1. The molecule has 148 valence electrons. The molecule has 0 aliphatic carbocycles. The third-order valence-corrected chi connectivity index (χ3v) is 3.97. The fourth-order valence-corrected chi connectivity index (χ4v) is 2.81. The zero-order valence-corrected chi connectivity index (χ0v) is 16.6. The Morgan fingerprint density at radius 1 is 1.27 bits per heavy atom. The van der Waals surface area contributed by atoms with Crippen molar-refractivity contribution in [3.05, 3.63) is 35.4 Å². The molecule has 0 radical (unpaired) electrons. The van der Waals surface area contributed by atoms with E-state index in [2.05, 4.69) is 15.6 Å². The minimum atomic E-state index is -4.21. The average molecular weight is 492 g/mol. The van der Waals surface area contributed by atoms with Crippen molar-refractivity contribution in [1.29, 1.82) is 0 Å². The van der Waals surface area contributed by atoms with E-state index >= 15 is 0 Å². The fourth-order valence-electron chi connectivity index (χ4n) is 2.81. The summed E-state index contributed by atoms with van der Waals surface area (Å²) in [6, 6.07) is 3.53. The van der Waals surface area contributed by atoms with Crippen molar-refractivity contribution < 1.29 is 22.0 Å². The second-order valence-electron chi connectivity index (χ2n) is 5.93. The van der Waals surface area contributed by atoms with Gasteiger partial charge in [-0.05, 0) is 25.0 Å². The lowest BCUT2D eigenvalue weighted by atomic mass is 10.1. The molecule has 10 heteroatoms. The number of halogens is 6. The summed E-state index contributed by atoms with van der Waals surface area (Å²) in [5, 5.41) is 5.97. The van der Waals surface area contributed by atoms with Crippen LogP contribution in [0.25, 0.3) is 0 Å². The summed E-state index contributed by atoms with van der Waals surface area (Å²) in [6.45, 7) is -0.0585. The smallest absolute Gasteiger partial charge is 0.356 e. The Kier molecular flexibility index (Phi) is 9.01. The zero-order valence-electron chi connectivity index (χ0n) is 14.2. The van der Waals surface area contributed by atoms with Gasteiger partial charge in [0.1, 0.15) is 11.6 Å². The first-order chi connectivity index (χ1) is 11.8. The number of aliphatic imine (C=N–C) groups is 1. The Morgan fingerprint density at radius 3 is 2.50 bits per heavy atom. The van der Waals surface area contributed by atoms with Crippen molar-refractivity contribution in [2.24, 2.45) is 4.99 Å². The van der Waals surface area contributed by atoms with Gasteiger partial charge in [0.05, 0.1) is 6.54 Å². The maximum atomic E-state index is 13.6. The Hall–Kier alpha value is -1.17. The van der Waals surface area contributed by atoms with Crippen LogP contribution in [0, 0.1) is 11.6 Å². The molecule has 2 rings (SSSR count). The molecule has 1 aromatic carbocycles. The SMILES string of the molecule is CN=C(NCCc1c(F)cccc1F)NC1CCN(CC(F)(F)F)C1.I. The predicted molar refractivity (Wildman–Crippen MR) is 101 cm³/mol. The van der Waals surface area contributed by atoms with Gasteiger partial charge in [-0.2, -0.15) is 13.2 Å². The lowest BCUT2D eigenvalue weighted by molar-refractivity contribution is -0.143. The van der Waals surface area contributed by atoms with Crippen LogP contribution in [0.15, 0.2) is 23.2 Å². The summed E-state index contributed by atoms with van der Waals surface area (Å²) in [5.41, 5.74) is -0.0114. The molecule has 1 saturated heterocycles. The largest absolute Gasteiger partial charge is 0.401 e. The second-order valence-corrected chi connectivity index (χ2v) is 5.93. The molecule has 0 spiro atoms. The van der Waals surface area contributed by atoms with Crippen LogP contribution in [0.4, 0.5) is 22.0 Å². The summed E-state index contributed by atoms with van der Waals surface area (Å²) in [4.78, 5) is 5.33. The quantitative estimate of drug-likeness (QED) is 0.288. The molecule has 1 atom stereocenters. The van der Waals surface area contributed by atoms with Gasteiger partial charge in [-0.15, -0.1) is 24.0 Å². The van der Waals surface area contributed by atoms with Crippen LogP contribution >= 0.6 is 24.0 Å². The van der Waals surface area contributed by atoms with Crippen molar-refractivity contribution in [1.82, 2.24) is 15.5 Å². The summed E-state index contributed by atoms with van der Waals surface area (Å²) in [5.74, 6) is -0.817. The van der Waals surface area contributed by atoms with Gasteiger partial charge in [0.2, 0.25) is 0 Å². The van der Waals surface area contributed by atoms with Gasteiger partial charge in [-0.25, -0.2) is 8.78 Å². The van der Waals surface area contributed by atoms with Gasteiger partial charge < -0.3 is 10.6 Å². The summed E-state index contributed by atoms with van der Waals surface area (Å²) in [7, 11) is 1.53. The number of hydrogen-bond acceptors (Lipinski definition) is 2. The molecule has 1 aromatic rings. The third-order valence-electron chi connectivity index (χ3n) is 3.97. The predicted octanol–water partition coefficient (Wildman–Crippen LogP) is 2.93. The van der Waals surface area contributed by atoms with E-state index in [0.29, 0.717) is 18.9 Å². The molecule has 1 aliphatic heterocycles. The number of hydrogen-bond donors (Lipinski definition) is 2. The highest BCUT2D eigenvalue weighted by Gasteiger charge is 2.34. The average Bonchev–Trinajstić information content (AvgIpc) is 2.94. The van der Waals surface area contributed by atoms with Crippen LogP contribution in [0.3, 0.4) is 0 Å². The molecule has 1 fully saturated rings. The van der Waals surface area contributed by atoms with Crippen molar-refractivity contribution in [3.63, 3.8) is 0 Å². The first-order valence-corrected chi connectivity index (χ1v) is 7.97. The van der Waals surface area contributed by atoms with Crippen molar-refractivity contribution in [2.75, 3.05) is 33.2 Å². The maximum Gasteiger partial charge on any atom is 0.401 e. The maximum absolute atomic E-state index is 13.6. The van der Waals surface area contributed by atoms with E-state index in [9.17, 15) is 22.0 Å². The number of nitrogens with zero attached hydrogens (tertiary/aromatic N) is 2. The molecule has 2 N–H and O–H groups in total. The van der Waals surface area contributed by atoms with E-state index in [0.717, 1.165) is 0 Å². The minimum absolute atomic E-state index is 0. The molecule has 4 nitrogen and oxygen atoms in total. The molecular formula is C16H22F5IN4. The molecule has 1 heterocycles. The molecule has 0 aromatic heterocycles. The lowest BCUT2D eigenvalue weighted by Crippen LogP contribution is -2.45. The minimum Gasteiger partial charge on any atom is -0.356 e. The van der Waals surface area contributed by atoms with Gasteiger partial charge in [0.25, 0.3) is 0 Å². The van der Waals surface area contributed by atoms with E-state index in [1.165, 1.54) is 30.1 Å². The Labute approximate surface area is 166 Å². The molecular weight excluding hydrogens is 470 g/mol. The van der Waals surface area contributed by atoms with Crippen molar-refractivity contribution >= 4 is 29.9 Å². The molecule has 26 heavy (non-hydrogen) atoms. The molecule has 1 unspecified atom stereocenters. The van der Waals surface area contributed by atoms with Crippen LogP contribution in [0.1, 0.15) is 12.0 Å². The van der Waals surface area contributed by atoms with Gasteiger partial charge in [0.15, 0.2) is 5.96 Å². The zero-order chi connectivity index (χ0) is 18.4. The summed E-state index contributed by atoms with van der Waals surface area (Å²) in [6.07, 6.45) is -3.51. The Bertz CT molecular complexity index is 589. The van der Waals surface area contributed by atoms with E-state index in [1.54, 1.807) is 0 Å². The number of alkyl halides is 3. The summed E-state index contributed by atoms with van der Waals surface area (Å²) >= 11 is 0. The molecule has 0 amide bonds. The monoisotopic (exact) mass is 492 g/mol. The lowest BCUT2D eigenvalue weighted by Gasteiger charge is -2.19. The van der Waals surface area contributed by atoms with E-state index in [1.807, 2.05) is 0 Å². The van der Waals surface area contributed by atoms with E-state index in [-0.39, 0.29) is 55.1 Å². The van der Waals surface area contributed by atoms with Gasteiger partial charge in [-0.3, -0.25) is 9.89 Å². The number of likely N-dealkylation sites (tertiary alicyclic amines) is 1. The van der Waals surface area contributed by atoms with Crippen LogP contribution in [-0.2, 0) is 6.42 Å². The fraction of sp³-hybridized carbons (Fsp3) is 0.562. The highest BCUT2D eigenvalue weighted by molar-refractivity contribution is 14.0. The Balaban J connectivity index is 0.00000338. The highest BCUT2D eigenvalue weighted by Crippen LogP contribution is 2.20. The normalized spacial score (nSPS) is 18.5. The van der Waals surface area contributed by atoms with Gasteiger partial charge >= 0.3 is 6.18 Å². The standard InChI is InChI=1S/C16H21F5N4.HI/c1-22-15(23-7-5-12-13(17)3-2-4-14(12)18)24-11-6-8-25(9-11)10-16(19,20)21;/h2-4,11H,5-10H2,1H3,(H2,22,23,24);1H. The number of rotatable bonds is 5. The molecule has 0 bridgehead atoms.